The van der Waals surface area contributed by atoms with E-state index in [1.54, 1.807) is 0 Å². The molecule has 0 radical (unpaired) electrons. The maximum absolute atomic E-state index is 7.66. The van der Waals surface area contributed by atoms with Gasteiger partial charge in [-0.05, 0) is 88.3 Å². The van der Waals surface area contributed by atoms with Crippen LogP contribution in [-0.4, -0.2) is 18.9 Å². The van der Waals surface area contributed by atoms with Crippen LogP contribution in [0.25, 0.3) is 93.4 Å². The molecule has 10 rings (SSSR count). The third-order valence-electron chi connectivity index (χ3n) is 9.70. The van der Waals surface area contributed by atoms with Crippen molar-refractivity contribution in [1.82, 2.24) is 18.9 Å². The molecule has 6 aromatic carbocycles. The molecule has 0 atom stereocenters. The summed E-state index contributed by atoms with van der Waals surface area (Å²) in [5.41, 5.74) is 14.1. The Kier molecular flexibility index (Phi) is 6.17. The Labute approximate surface area is 287 Å². The van der Waals surface area contributed by atoms with Gasteiger partial charge in [0.2, 0.25) is 0 Å². The lowest BCUT2D eigenvalue weighted by atomic mass is 9.98. The SMILES string of the molecule is [C-]#[N+]c1ccc2c(c1)c1cc(-c3cccc(-c4ccc5nc6c7ccccc7nc(-c7ccccc7)c6n5c4)c3)ccc1n2-c1ccccc1. The first-order valence-electron chi connectivity index (χ1n) is 16.6. The highest BCUT2D eigenvalue weighted by atomic mass is 15.0. The quantitative estimate of drug-likeness (QED) is 0.180. The van der Waals surface area contributed by atoms with Gasteiger partial charge >= 0.3 is 0 Å². The number of hydrogen-bond donors (Lipinski definition) is 0. The first kappa shape index (κ1) is 28.0. The van der Waals surface area contributed by atoms with Crippen LogP contribution < -0.4 is 0 Å². The lowest BCUT2D eigenvalue weighted by molar-refractivity contribution is 1.18. The summed E-state index contributed by atoms with van der Waals surface area (Å²) in [4.78, 5) is 14.0. The van der Waals surface area contributed by atoms with Crippen molar-refractivity contribution in [1.29, 1.82) is 0 Å². The second-order valence-corrected chi connectivity index (χ2v) is 12.6. The van der Waals surface area contributed by atoms with E-state index in [2.05, 4.69) is 141 Å². The Hall–Kier alpha value is -7.03. The minimum Gasteiger partial charge on any atom is -0.309 e. The molecule has 5 nitrogen and oxygen atoms in total. The molecule has 50 heavy (non-hydrogen) atoms. The Bertz CT molecular complexity index is 2980. The van der Waals surface area contributed by atoms with Crippen LogP contribution in [0.3, 0.4) is 0 Å². The Morgan fingerprint density at radius 1 is 0.500 bits per heavy atom. The number of benzene rings is 6. The van der Waals surface area contributed by atoms with Crippen LogP contribution in [0.2, 0.25) is 0 Å². The van der Waals surface area contributed by atoms with Gasteiger partial charge in [-0.3, -0.25) is 4.40 Å². The molecule has 0 N–H and O–H groups in total. The largest absolute Gasteiger partial charge is 0.309 e. The van der Waals surface area contributed by atoms with E-state index in [9.17, 15) is 0 Å². The van der Waals surface area contributed by atoms with Crippen molar-refractivity contribution in [3.8, 4) is 39.2 Å². The van der Waals surface area contributed by atoms with Gasteiger partial charge in [-0.2, -0.15) is 0 Å². The molecule has 4 heterocycles. The van der Waals surface area contributed by atoms with Gasteiger partial charge < -0.3 is 4.57 Å². The number of rotatable bonds is 4. The standard InChI is InChI=1S/C45H27N5/c1-46-34-21-23-41-38(27-34)37-26-32(19-22-40(37)50(41)35-15-6-3-7-16-35)30-13-10-14-31(25-30)33-20-24-42-48-44-36-17-8-9-18-39(36)47-43(45(44)49(42)28-33)29-11-4-2-5-12-29/h2-28H. The number of pyridine rings is 2. The van der Waals surface area contributed by atoms with E-state index in [-0.39, 0.29) is 0 Å². The zero-order valence-electron chi connectivity index (χ0n) is 26.8. The van der Waals surface area contributed by atoms with E-state index in [1.165, 1.54) is 0 Å². The summed E-state index contributed by atoms with van der Waals surface area (Å²) >= 11 is 0. The Balaban J connectivity index is 1.14. The molecule has 4 aromatic heterocycles. The van der Waals surface area contributed by atoms with Crippen molar-refractivity contribution in [3.63, 3.8) is 0 Å². The molecule has 0 aliphatic rings. The fourth-order valence-electron chi connectivity index (χ4n) is 7.37. The van der Waals surface area contributed by atoms with Crippen LogP contribution >= 0.6 is 0 Å². The molecule has 232 valence electrons. The number of hydrogen-bond acceptors (Lipinski definition) is 2. The second-order valence-electron chi connectivity index (χ2n) is 12.6. The van der Waals surface area contributed by atoms with Crippen LogP contribution in [0.4, 0.5) is 5.69 Å². The molecule has 0 saturated carbocycles. The number of fused-ring (bicyclic) bond motifs is 8. The first-order chi connectivity index (χ1) is 24.7. The number of imidazole rings is 1. The second kappa shape index (κ2) is 11.0. The maximum Gasteiger partial charge on any atom is 0.188 e. The molecule has 0 saturated heterocycles. The minimum absolute atomic E-state index is 0.637. The topological polar surface area (TPSA) is 39.5 Å². The highest BCUT2D eigenvalue weighted by Gasteiger charge is 2.18. The van der Waals surface area contributed by atoms with Gasteiger partial charge in [-0.15, -0.1) is 0 Å². The molecule has 0 aliphatic heterocycles. The van der Waals surface area contributed by atoms with Crippen LogP contribution in [0.5, 0.6) is 0 Å². The van der Waals surface area contributed by atoms with Gasteiger partial charge in [0.05, 0.1) is 34.3 Å². The smallest absolute Gasteiger partial charge is 0.188 e. The van der Waals surface area contributed by atoms with Crippen molar-refractivity contribution < 1.29 is 0 Å². The molecule has 0 bridgehead atoms. The summed E-state index contributed by atoms with van der Waals surface area (Å²) in [7, 11) is 0. The number of para-hydroxylation sites is 2. The fourth-order valence-corrected chi connectivity index (χ4v) is 7.37. The fraction of sp³-hybridized carbons (Fsp3) is 0. The first-order valence-corrected chi connectivity index (χ1v) is 16.6. The van der Waals surface area contributed by atoms with Crippen molar-refractivity contribution >= 4 is 55.1 Å². The summed E-state index contributed by atoms with van der Waals surface area (Å²) in [6.07, 6.45) is 2.19. The molecule has 0 fully saturated rings. The van der Waals surface area contributed by atoms with E-state index in [0.717, 1.165) is 88.6 Å². The molecule has 0 aliphatic carbocycles. The molecule has 10 aromatic rings. The van der Waals surface area contributed by atoms with Gasteiger partial charge in [0.25, 0.3) is 0 Å². The van der Waals surface area contributed by atoms with Crippen molar-refractivity contribution in [3.05, 3.63) is 175 Å². The Morgan fingerprint density at radius 2 is 1.16 bits per heavy atom. The lowest BCUT2D eigenvalue weighted by Gasteiger charge is -2.10. The van der Waals surface area contributed by atoms with E-state index < -0.39 is 0 Å². The van der Waals surface area contributed by atoms with Gasteiger partial charge in [0.1, 0.15) is 11.2 Å². The van der Waals surface area contributed by atoms with Gasteiger partial charge in [0.15, 0.2) is 5.69 Å². The van der Waals surface area contributed by atoms with Crippen molar-refractivity contribution in [2.24, 2.45) is 0 Å². The third kappa shape index (κ3) is 4.33. The average molecular weight is 638 g/mol. The maximum atomic E-state index is 7.66. The normalized spacial score (nSPS) is 11.6. The van der Waals surface area contributed by atoms with Gasteiger partial charge in [-0.1, -0.05) is 97.1 Å². The third-order valence-corrected chi connectivity index (χ3v) is 9.70. The summed E-state index contributed by atoms with van der Waals surface area (Å²) < 4.78 is 4.48. The highest BCUT2D eigenvalue weighted by molar-refractivity contribution is 6.12. The van der Waals surface area contributed by atoms with Crippen LogP contribution in [0, 0.1) is 6.57 Å². The summed E-state index contributed by atoms with van der Waals surface area (Å²) in [5, 5.41) is 3.24. The number of aromatic nitrogens is 4. The molecule has 0 unspecified atom stereocenters. The molecule has 5 heteroatoms. The van der Waals surface area contributed by atoms with Crippen molar-refractivity contribution in [2.75, 3.05) is 0 Å². The zero-order chi connectivity index (χ0) is 33.2. The molecular formula is C45H27N5. The predicted octanol–water partition coefficient (Wildman–Crippen LogP) is 11.7. The summed E-state index contributed by atoms with van der Waals surface area (Å²) in [6.45, 7) is 7.66. The van der Waals surface area contributed by atoms with Crippen molar-refractivity contribution in [2.45, 2.75) is 0 Å². The molecule has 0 spiro atoms. The van der Waals surface area contributed by atoms with E-state index in [0.29, 0.717) is 5.69 Å². The predicted molar refractivity (Wildman–Crippen MR) is 205 cm³/mol. The van der Waals surface area contributed by atoms with E-state index in [1.807, 2.05) is 36.4 Å². The number of nitrogens with zero attached hydrogens (tertiary/aromatic N) is 5. The van der Waals surface area contributed by atoms with Gasteiger partial charge in [0, 0.05) is 28.2 Å². The average Bonchev–Trinajstić information content (AvgIpc) is 3.73. The van der Waals surface area contributed by atoms with E-state index in [4.69, 9.17) is 16.5 Å². The highest BCUT2D eigenvalue weighted by Crippen LogP contribution is 2.38. The molecular weight excluding hydrogens is 611 g/mol. The van der Waals surface area contributed by atoms with Crippen LogP contribution in [-0.2, 0) is 0 Å². The lowest BCUT2D eigenvalue weighted by Crippen LogP contribution is -1.93. The summed E-state index contributed by atoms with van der Waals surface area (Å²) in [5.74, 6) is 0. The minimum atomic E-state index is 0.637. The monoisotopic (exact) mass is 637 g/mol. The zero-order valence-corrected chi connectivity index (χ0v) is 26.8. The summed E-state index contributed by atoms with van der Waals surface area (Å²) in [6, 6.07) is 54.6. The van der Waals surface area contributed by atoms with Gasteiger partial charge in [-0.25, -0.2) is 14.8 Å². The Morgan fingerprint density at radius 3 is 1.98 bits per heavy atom. The van der Waals surface area contributed by atoms with Crippen LogP contribution in [0.15, 0.2) is 164 Å². The van der Waals surface area contributed by atoms with E-state index >= 15 is 0 Å². The van der Waals surface area contributed by atoms with Crippen LogP contribution in [0.1, 0.15) is 0 Å². The molecule has 0 amide bonds.